The van der Waals surface area contributed by atoms with Crippen molar-refractivity contribution in [2.75, 3.05) is 0 Å². The number of rotatable bonds is 4. The summed E-state index contributed by atoms with van der Waals surface area (Å²) in [5, 5.41) is 12.5. The Morgan fingerprint density at radius 2 is 1.81 bits per heavy atom. The van der Waals surface area contributed by atoms with Gasteiger partial charge >= 0.3 is 6.18 Å². The van der Waals surface area contributed by atoms with Crippen molar-refractivity contribution < 1.29 is 18.4 Å². The van der Waals surface area contributed by atoms with Crippen LogP contribution in [0, 0.1) is 0 Å². The number of aromatic amines is 1. The first-order valence-electron chi connectivity index (χ1n) is 7.64. The van der Waals surface area contributed by atoms with Gasteiger partial charge in [-0.2, -0.15) is 13.2 Å². The third-order valence-corrected chi connectivity index (χ3v) is 4.77. The molecule has 3 aromatic rings. The molecule has 0 spiro atoms. The average Bonchev–Trinajstić information content (AvgIpc) is 2.91. The minimum atomic E-state index is -4.77. The smallest absolute Gasteiger partial charge is 0.410 e. The molecule has 0 atom stereocenters. The van der Waals surface area contributed by atoms with Gasteiger partial charge in [-0.25, -0.2) is 0 Å². The standard InChI is InChI=1S/C18H13BrClF3N2O/c19-11-4-7-13-15(9-11)24-14(16(13)17(25-26)18(21,22)23)8-3-10-1-5-12(20)6-2-10/h1-2,4-7,9,24,26H,3,8H2. The normalized spacial score (nSPS) is 12.7. The number of fused-ring (bicyclic) bond motifs is 1. The Kier molecular flexibility index (Phi) is 5.29. The zero-order valence-electron chi connectivity index (χ0n) is 13.2. The molecule has 1 heterocycles. The fourth-order valence-electron chi connectivity index (χ4n) is 2.85. The second-order valence-corrected chi connectivity index (χ2v) is 7.09. The molecule has 0 saturated heterocycles. The summed E-state index contributed by atoms with van der Waals surface area (Å²) in [6.07, 6.45) is -3.95. The van der Waals surface area contributed by atoms with Gasteiger partial charge in [-0.05, 0) is 42.7 Å². The van der Waals surface area contributed by atoms with Crippen molar-refractivity contribution in [2.24, 2.45) is 5.16 Å². The van der Waals surface area contributed by atoms with Crippen LogP contribution in [-0.4, -0.2) is 22.1 Å². The highest BCUT2D eigenvalue weighted by molar-refractivity contribution is 9.10. The van der Waals surface area contributed by atoms with E-state index in [0.717, 1.165) is 10.0 Å². The van der Waals surface area contributed by atoms with Crippen molar-refractivity contribution in [2.45, 2.75) is 19.0 Å². The third kappa shape index (κ3) is 3.88. The largest absolute Gasteiger partial charge is 0.437 e. The molecule has 8 heteroatoms. The Hall–Kier alpha value is -1.99. The van der Waals surface area contributed by atoms with Crippen LogP contribution in [0.3, 0.4) is 0 Å². The van der Waals surface area contributed by atoms with Gasteiger partial charge in [-0.15, -0.1) is 0 Å². The van der Waals surface area contributed by atoms with Crippen LogP contribution in [0.5, 0.6) is 0 Å². The maximum Gasteiger partial charge on any atom is 0.437 e. The molecular weight excluding hydrogens is 433 g/mol. The summed E-state index contributed by atoms with van der Waals surface area (Å²) < 4.78 is 40.8. The van der Waals surface area contributed by atoms with E-state index < -0.39 is 11.9 Å². The summed E-state index contributed by atoms with van der Waals surface area (Å²) in [4.78, 5) is 3.03. The molecule has 0 saturated carbocycles. The number of nitrogens with one attached hydrogen (secondary N) is 1. The van der Waals surface area contributed by atoms with Gasteiger partial charge in [0.15, 0.2) is 5.71 Å². The number of halogens is 5. The van der Waals surface area contributed by atoms with Gasteiger partial charge in [0.05, 0.1) is 0 Å². The number of nitrogens with zero attached hydrogens (tertiary/aromatic N) is 1. The van der Waals surface area contributed by atoms with E-state index in [0.29, 0.717) is 34.5 Å². The summed E-state index contributed by atoms with van der Waals surface area (Å²) >= 11 is 9.16. The number of H-pyrrole nitrogens is 1. The lowest BCUT2D eigenvalue weighted by Gasteiger charge is -2.10. The summed E-state index contributed by atoms with van der Waals surface area (Å²) in [5.74, 6) is 0. The zero-order valence-corrected chi connectivity index (χ0v) is 15.6. The molecule has 0 radical (unpaired) electrons. The van der Waals surface area contributed by atoms with Crippen LogP contribution in [0.4, 0.5) is 13.2 Å². The van der Waals surface area contributed by atoms with Crippen molar-refractivity contribution in [1.82, 2.24) is 4.98 Å². The molecular formula is C18H13BrClF3N2O. The number of hydrogen-bond donors (Lipinski definition) is 2. The second kappa shape index (κ2) is 7.32. The molecule has 2 aromatic carbocycles. The molecule has 3 nitrogen and oxygen atoms in total. The lowest BCUT2D eigenvalue weighted by atomic mass is 10.0. The first-order valence-corrected chi connectivity index (χ1v) is 8.81. The van der Waals surface area contributed by atoms with E-state index in [1.165, 1.54) is 0 Å². The van der Waals surface area contributed by atoms with E-state index in [4.69, 9.17) is 16.8 Å². The van der Waals surface area contributed by atoms with Gasteiger partial charge in [-0.1, -0.05) is 50.9 Å². The van der Waals surface area contributed by atoms with Crippen LogP contribution in [0.2, 0.25) is 5.02 Å². The minimum Gasteiger partial charge on any atom is -0.410 e. The van der Waals surface area contributed by atoms with Crippen molar-refractivity contribution in [3.8, 4) is 0 Å². The van der Waals surface area contributed by atoms with Gasteiger partial charge < -0.3 is 10.2 Å². The molecule has 0 aliphatic heterocycles. The van der Waals surface area contributed by atoms with E-state index in [-0.39, 0.29) is 5.56 Å². The molecule has 1 aromatic heterocycles. The van der Waals surface area contributed by atoms with E-state index in [1.807, 2.05) is 12.1 Å². The molecule has 26 heavy (non-hydrogen) atoms. The predicted octanol–water partition coefficient (Wildman–Crippen LogP) is 6.11. The van der Waals surface area contributed by atoms with Crippen molar-refractivity contribution in [3.05, 3.63) is 68.8 Å². The predicted molar refractivity (Wildman–Crippen MR) is 99.2 cm³/mol. The molecule has 0 aliphatic carbocycles. The first-order chi connectivity index (χ1) is 12.3. The monoisotopic (exact) mass is 444 g/mol. The van der Waals surface area contributed by atoms with Gasteiger partial charge in [0.2, 0.25) is 0 Å². The van der Waals surface area contributed by atoms with E-state index in [1.54, 1.807) is 30.3 Å². The first kappa shape index (κ1) is 18.8. The quantitative estimate of drug-likeness (QED) is 0.284. The lowest BCUT2D eigenvalue weighted by Crippen LogP contribution is -2.25. The molecule has 2 N–H and O–H groups in total. The number of aromatic nitrogens is 1. The SMILES string of the molecule is ON=C(c1c(CCc2ccc(Cl)cc2)[nH]c2cc(Br)ccc12)C(F)(F)F. The molecule has 0 bridgehead atoms. The fraction of sp³-hybridized carbons (Fsp3) is 0.167. The van der Waals surface area contributed by atoms with Crippen molar-refractivity contribution in [1.29, 1.82) is 0 Å². The third-order valence-electron chi connectivity index (χ3n) is 4.02. The summed E-state index contributed by atoms with van der Waals surface area (Å²) in [5.41, 5.74) is 0.396. The van der Waals surface area contributed by atoms with Crippen molar-refractivity contribution in [3.63, 3.8) is 0 Å². The Morgan fingerprint density at radius 1 is 1.12 bits per heavy atom. The number of benzene rings is 2. The van der Waals surface area contributed by atoms with Crippen LogP contribution in [0.25, 0.3) is 10.9 Å². The minimum absolute atomic E-state index is 0.128. The van der Waals surface area contributed by atoms with Gasteiger partial charge in [-0.3, -0.25) is 0 Å². The summed E-state index contributed by atoms with van der Waals surface area (Å²) in [6, 6.07) is 12.0. The van der Waals surface area contributed by atoms with Gasteiger partial charge in [0.25, 0.3) is 0 Å². The summed E-state index contributed by atoms with van der Waals surface area (Å²) in [6.45, 7) is 0. The Labute approximate surface area is 160 Å². The number of aryl methyl sites for hydroxylation is 2. The fourth-order valence-corrected chi connectivity index (χ4v) is 3.34. The Balaban J connectivity index is 2.05. The van der Waals surface area contributed by atoms with Crippen LogP contribution >= 0.6 is 27.5 Å². The highest BCUT2D eigenvalue weighted by Gasteiger charge is 2.40. The number of alkyl halides is 3. The average molecular weight is 446 g/mol. The van der Waals surface area contributed by atoms with E-state index >= 15 is 0 Å². The molecule has 136 valence electrons. The van der Waals surface area contributed by atoms with Gasteiger partial charge in [0.1, 0.15) is 0 Å². The number of hydrogen-bond acceptors (Lipinski definition) is 2. The van der Waals surface area contributed by atoms with Crippen LogP contribution < -0.4 is 0 Å². The maximum atomic E-state index is 13.3. The van der Waals surface area contributed by atoms with Crippen LogP contribution in [0.15, 0.2) is 52.1 Å². The highest BCUT2D eigenvalue weighted by atomic mass is 79.9. The van der Waals surface area contributed by atoms with Crippen LogP contribution in [0.1, 0.15) is 16.8 Å². The highest BCUT2D eigenvalue weighted by Crippen LogP contribution is 2.32. The lowest BCUT2D eigenvalue weighted by molar-refractivity contribution is -0.0600. The molecule has 0 aliphatic rings. The van der Waals surface area contributed by atoms with Gasteiger partial charge in [0, 0.05) is 31.7 Å². The zero-order chi connectivity index (χ0) is 18.9. The molecule has 3 rings (SSSR count). The molecule has 0 fully saturated rings. The second-order valence-electron chi connectivity index (χ2n) is 5.74. The Morgan fingerprint density at radius 3 is 2.42 bits per heavy atom. The van der Waals surface area contributed by atoms with E-state index in [9.17, 15) is 13.2 Å². The summed E-state index contributed by atoms with van der Waals surface area (Å²) in [7, 11) is 0. The maximum absolute atomic E-state index is 13.3. The van der Waals surface area contributed by atoms with E-state index in [2.05, 4.69) is 26.1 Å². The van der Waals surface area contributed by atoms with Crippen molar-refractivity contribution >= 4 is 44.1 Å². The number of oxime groups is 1. The Bertz CT molecular complexity index is 965. The molecule has 0 amide bonds. The topological polar surface area (TPSA) is 48.4 Å². The van der Waals surface area contributed by atoms with Crippen LogP contribution in [-0.2, 0) is 12.8 Å². The molecule has 0 unspecified atom stereocenters.